The first-order valence-electron chi connectivity index (χ1n) is 6.57. The van der Waals surface area contributed by atoms with Crippen molar-refractivity contribution < 1.29 is 5.11 Å². The highest BCUT2D eigenvalue weighted by Gasteiger charge is 2.17. The summed E-state index contributed by atoms with van der Waals surface area (Å²) in [6, 6.07) is 0.462. The highest BCUT2D eigenvalue weighted by atomic mass is 79.9. The van der Waals surface area contributed by atoms with Gasteiger partial charge >= 0.3 is 0 Å². The van der Waals surface area contributed by atoms with E-state index in [-0.39, 0.29) is 6.61 Å². The summed E-state index contributed by atoms with van der Waals surface area (Å²) in [5.41, 5.74) is 2.26. The van der Waals surface area contributed by atoms with Crippen molar-refractivity contribution in [3.05, 3.63) is 15.9 Å². The number of hydrogen-bond donors (Lipinski definition) is 1. The number of aromatic nitrogens is 2. The molecule has 4 nitrogen and oxygen atoms in total. The Morgan fingerprint density at radius 2 is 2.11 bits per heavy atom. The summed E-state index contributed by atoms with van der Waals surface area (Å²) < 4.78 is 3.16. The van der Waals surface area contributed by atoms with Gasteiger partial charge in [0.2, 0.25) is 0 Å². The molecular weight excluding hydrogens is 294 g/mol. The predicted molar refractivity (Wildman–Crippen MR) is 77.6 cm³/mol. The Bertz CT molecular complexity index is 377. The molecule has 5 heteroatoms. The van der Waals surface area contributed by atoms with Crippen molar-refractivity contribution in [2.45, 2.75) is 53.2 Å². The molecule has 1 N–H and O–H groups in total. The Hall–Kier alpha value is -0.390. The molecule has 104 valence electrons. The molecule has 0 aromatic carbocycles. The zero-order valence-electron chi connectivity index (χ0n) is 11.8. The van der Waals surface area contributed by atoms with Gasteiger partial charge in [0.25, 0.3) is 0 Å². The van der Waals surface area contributed by atoms with Gasteiger partial charge in [0.15, 0.2) is 0 Å². The van der Waals surface area contributed by atoms with E-state index in [0.717, 1.165) is 36.2 Å². The first-order valence-corrected chi connectivity index (χ1v) is 7.37. The fourth-order valence-electron chi connectivity index (χ4n) is 2.01. The maximum absolute atomic E-state index is 8.97. The molecule has 0 spiro atoms. The third kappa shape index (κ3) is 3.80. The van der Waals surface area contributed by atoms with E-state index >= 15 is 0 Å². The third-order valence-corrected chi connectivity index (χ3v) is 4.17. The first kappa shape index (κ1) is 15.7. The van der Waals surface area contributed by atoms with E-state index in [1.54, 1.807) is 0 Å². The van der Waals surface area contributed by atoms with Crippen LogP contribution in [0.3, 0.4) is 0 Å². The van der Waals surface area contributed by atoms with E-state index in [2.05, 4.69) is 46.7 Å². The first-order chi connectivity index (χ1) is 8.51. The van der Waals surface area contributed by atoms with Crippen LogP contribution in [0.25, 0.3) is 0 Å². The van der Waals surface area contributed by atoms with Gasteiger partial charge < -0.3 is 5.11 Å². The molecule has 0 radical (unpaired) electrons. The zero-order valence-corrected chi connectivity index (χ0v) is 13.4. The lowest BCUT2D eigenvalue weighted by Crippen LogP contribution is -2.32. The second-order valence-corrected chi connectivity index (χ2v) is 5.60. The summed E-state index contributed by atoms with van der Waals surface area (Å²) in [5, 5.41) is 13.5. The molecule has 0 aliphatic rings. The fraction of sp³-hybridized carbons (Fsp3) is 0.769. The normalized spacial score (nSPS) is 11.8. The van der Waals surface area contributed by atoms with Crippen molar-refractivity contribution in [3.8, 4) is 0 Å². The number of aliphatic hydroxyl groups excluding tert-OH is 1. The van der Waals surface area contributed by atoms with Gasteiger partial charge in [0.1, 0.15) is 0 Å². The van der Waals surface area contributed by atoms with Gasteiger partial charge in [0, 0.05) is 32.3 Å². The Labute approximate surface area is 118 Å². The van der Waals surface area contributed by atoms with Crippen LogP contribution in [0.2, 0.25) is 0 Å². The minimum atomic E-state index is 0.246. The molecule has 0 saturated carbocycles. The lowest BCUT2D eigenvalue weighted by atomic mass is 10.2. The Morgan fingerprint density at radius 3 is 2.61 bits per heavy atom. The molecule has 1 heterocycles. The highest BCUT2D eigenvalue weighted by molar-refractivity contribution is 9.10. The van der Waals surface area contributed by atoms with Crippen LogP contribution in [-0.4, -0.2) is 39.0 Å². The van der Waals surface area contributed by atoms with Gasteiger partial charge in [-0.25, -0.2) is 0 Å². The molecule has 0 atom stereocenters. The number of rotatable bonds is 7. The number of aliphatic hydroxyl groups is 1. The minimum Gasteiger partial charge on any atom is -0.396 e. The van der Waals surface area contributed by atoms with Gasteiger partial charge in [-0.3, -0.25) is 9.58 Å². The number of aryl methyl sites for hydroxylation is 2. The van der Waals surface area contributed by atoms with E-state index in [9.17, 15) is 0 Å². The summed E-state index contributed by atoms with van der Waals surface area (Å²) in [6.45, 7) is 11.4. The molecule has 0 aliphatic carbocycles. The second-order valence-electron chi connectivity index (χ2n) is 4.80. The van der Waals surface area contributed by atoms with Gasteiger partial charge in [0.05, 0.1) is 15.9 Å². The highest BCUT2D eigenvalue weighted by Crippen LogP contribution is 2.23. The average Bonchev–Trinajstić information content (AvgIpc) is 2.61. The van der Waals surface area contributed by atoms with Crippen LogP contribution in [0.5, 0.6) is 0 Å². The van der Waals surface area contributed by atoms with E-state index in [0.29, 0.717) is 6.04 Å². The maximum atomic E-state index is 8.97. The smallest absolute Gasteiger partial charge is 0.0739 e. The van der Waals surface area contributed by atoms with Crippen LogP contribution in [0.1, 0.15) is 38.6 Å². The van der Waals surface area contributed by atoms with Crippen molar-refractivity contribution in [1.82, 2.24) is 14.7 Å². The van der Waals surface area contributed by atoms with Crippen LogP contribution >= 0.6 is 15.9 Å². The SMILES string of the molecule is CCn1nc(C)c(Br)c1CN(CCCO)C(C)C. The average molecular weight is 318 g/mol. The summed E-state index contributed by atoms with van der Waals surface area (Å²) in [5.74, 6) is 0. The largest absolute Gasteiger partial charge is 0.396 e. The van der Waals surface area contributed by atoms with E-state index in [1.165, 1.54) is 5.69 Å². The number of halogens is 1. The lowest BCUT2D eigenvalue weighted by Gasteiger charge is -2.26. The monoisotopic (exact) mass is 317 g/mol. The van der Waals surface area contributed by atoms with Gasteiger partial charge in [-0.1, -0.05) is 0 Å². The van der Waals surface area contributed by atoms with Crippen LogP contribution in [0.15, 0.2) is 4.47 Å². The third-order valence-electron chi connectivity index (χ3n) is 3.14. The summed E-state index contributed by atoms with van der Waals surface area (Å²) in [4.78, 5) is 2.36. The van der Waals surface area contributed by atoms with Crippen molar-refractivity contribution in [1.29, 1.82) is 0 Å². The van der Waals surface area contributed by atoms with Crippen LogP contribution in [0, 0.1) is 6.92 Å². The molecule has 1 aromatic rings. The predicted octanol–water partition coefficient (Wildman–Crippen LogP) is 2.57. The van der Waals surface area contributed by atoms with Crippen LogP contribution in [0.4, 0.5) is 0 Å². The standard InChI is InChI=1S/C13H24BrN3O/c1-5-17-12(13(14)11(4)15-17)9-16(10(2)3)7-6-8-18/h10,18H,5-9H2,1-4H3. The molecule has 0 amide bonds. The molecule has 0 aliphatic heterocycles. The topological polar surface area (TPSA) is 41.3 Å². The summed E-state index contributed by atoms with van der Waals surface area (Å²) in [6.07, 6.45) is 0.815. The maximum Gasteiger partial charge on any atom is 0.0739 e. The summed E-state index contributed by atoms with van der Waals surface area (Å²) >= 11 is 3.63. The van der Waals surface area contributed by atoms with Gasteiger partial charge in [-0.2, -0.15) is 5.10 Å². The Kier molecular flexibility index (Phi) is 6.32. The van der Waals surface area contributed by atoms with Gasteiger partial charge in [-0.15, -0.1) is 0 Å². The minimum absolute atomic E-state index is 0.246. The van der Waals surface area contributed by atoms with Crippen molar-refractivity contribution >= 4 is 15.9 Å². The summed E-state index contributed by atoms with van der Waals surface area (Å²) in [7, 11) is 0. The van der Waals surface area contributed by atoms with Crippen LogP contribution in [-0.2, 0) is 13.1 Å². The van der Waals surface area contributed by atoms with Gasteiger partial charge in [-0.05, 0) is 50.0 Å². The number of nitrogens with zero attached hydrogens (tertiary/aromatic N) is 3. The van der Waals surface area contributed by atoms with E-state index in [1.807, 2.05) is 11.6 Å². The molecule has 0 unspecified atom stereocenters. The fourth-order valence-corrected chi connectivity index (χ4v) is 2.42. The van der Waals surface area contributed by atoms with Crippen molar-refractivity contribution in [3.63, 3.8) is 0 Å². The molecule has 1 aromatic heterocycles. The van der Waals surface area contributed by atoms with E-state index in [4.69, 9.17) is 5.11 Å². The molecule has 0 saturated heterocycles. The van der Waals surface area contributed by atoms with Crippen molar-refractivity contribution in [2.75, 3.05) is 13.2 Å². The lowest BCUT2D eigenvalue weighted by molar-refractivity contribution is 0.180. The zero-order chi connectivity index (χ0) is 13.7. The number of hydrogen-bond acceptors (Lipinski definition) is 3. The molecular formula is C13H24BrN3O. The molecule has 18 heavy (non-hydrogen) atoms. The molecule has 0 bridgehead atoms. The van der Waals surface area contributed by atoms with Crippen LogP contribution < -0.4 is 0 Å². The molecule has 0 fully saturated rings. The Morgan fingerprint density at radius 1 is 1.44 bits per heavy atom. The quantitative estimate of drug-likeness (QED) is 0.840. The van der Waals surface area contributed by atoms with E-state index < -0.39 is 0 Å². The van der Waals surface area contributed by atoms with Crippen molar-refractivity contribution in [2.24, 2.45) is 0 Å². The Balaban J connectivity index is 2.85. The second kappa shape index (κ2) is 7.26. The molecule has 1 rings (SSSR count).